The molecule has 1 aromatic heterocycles. The number of rotatable bonds is 9. The lowest BCUT2D eigenvalue weighted by atomic mass is 9.83. The molecule has 0 spiro atoms. The fourth-order valence-corrected chi connectivity index (χ4v) is 4.51. The quantitative estimate of drug-likeness (QED) is 0.310. The molecule has 7 nitrogen and oxygen atoms in total. The number of amides is 1. The second kappa shape index (κ2) is 10.1. The van der Waals surface area contributed by atoms with Crippen molar-refractivity contribution in [2.45, 2.75) is 38.5 Å². The van der Waals surface area contributed by atoms with Gasteiger partial charge in [-0.15, -0.1) is 5.10 Å². The maximum absolute atomic E-state index is 13.5. The zero-order valence-electron chi connectivity index (χ0n) is 18.4. The average molecular weight is 558 g/mol. The van der Waals surface area contributed by atoms with Crippen LogP contribution in [0.1, 0.15) is 30.2 Å². The lowest BCUT2D eigenvalue weighted by Crippen LogP contribution is -2.44. The van der Waals surface area contributed by atoms with Gasteiger partial charge in [0.2, 0.25) is 0 Å². The van der Waals surface area contributed by atoms with Gasteiger partial charge in [0.05, 0.1) is 17.9 Å². The minimum absolute atomic E-state index is 0.0464. The normalized spacial score (nSPS) is 18.8. The molecule has 4 rings (SSSR count). The summed E-state index contributed by atoms with van der Waals surface area (Å²) in [6.07, 6.45) is 6.85. The molecule has 0 bridgehead atoms. The van der Waals surface area contributed by atoms with Crippen molar-refractivity contribution in [1.29, 1.82) is 0 Å². The van der Waals surface area contributed by atoms with Crippen molar-refractivity contribution >= 4 is 34.2 Å². The van der Waals surface area contributed by atoms with Gasteiger partial charge in [-0.3, -0.25) is 9.48 Å². The summed E-state index contributed by atoms with van der Waals surface area (Å²) in [5, 5.41) is 28.7. The van der Waals surface area contributed by atoms with E-state index in [0.29, 0.717) is 31.5 Å². The number of aliphatic hydroxyl groups is 2. The third-order valence-electron chi connectivity index (χ3n) is 5.99. The lowest BCUT2D eigenvalue weighted by Gasteiger charge is -2.27. The molecule has 2 atom stereocenters. The number of carbonyl (C=O) groups excluding carboxylic acids is 1. The molecule has 1 aliphatic rings. The van der Waals surface area contributed by atoms with Crippen LogP contribution in [0, 0.1) is 9.49 Å². The number of allylic oxidation sites excluding steroid dienone is 1. The highest BCUT2D eigenvalue weighted by Crippen LogP contribution is 2.45. The van der Waals surface area contributed by atoms with E-state index in [-0.39, 0.29) is 12.5 Å². The molecule has 172 valence electrons. The minimum atomic E-state index is -1.61. The van der Waals surface area contributed by atoms with E-state index in [0.717, 1.165) is 20.5 Å². The Hall–Kier alpha value is -2.56. The first-order chi connectivity index (χ1) is 15.9. The van der Waals surface area contributed by atoms with Crippen molar-refractivity contribution in [3.63, 3.8) is 0 Å². The molecule has 8 heteroatoms. The molecular formula is C25H27IN4O3. The van der Waals surface area contributed by atoms with Crippen LogP contribution < -0.4 is 4.90 Å². The first-order valence-electron chi connectivity index (χ1n) is 11.0. The maximum atomic E-state index is 13.5. The summed E-state index contributed by atoms with van der Waals surface area (Å²) in [4.78, 5) is 15.2. The van der Waals surface area contributed by atoms with Crippen LogP contribution in [-0.2, 0) is 29.9 Å². The van der Waals surface area contributed by atoms with E-state index in [4.69, 9.17) is 5.11 Å². The second-order valence-electron chi connectivity index (χ2n) is 8.25. The summed E-state index contributed by atoms with van der Waals surface area (Å²) in [6.45, 7) is 2.96. The Morgan fingerprint density at radius 1 is 1.18 bits per heavy atom. The van der Waals surface area contributed by atoms with Gasteiger partial charge in [0.15, 0.2) is 5.60 Å². The SMILES string of the molecule is C[C@H](/C=C/CCn1cc(CCO)nn1)[C@@]1(O)C(=O)N(Cc2ccc(I)cc2)c2ccccc21. The van der Waals surface area contributed by atoms with Crippen molar-refractivity contribution in [2.24, 2.45) is 5.92 Å². The third-order valence-corrected chi connectivity index (χ3v) is 6.71. The summed E-state index contributed by atoms with van der Waals surface area (Å²) < 4.78 is 2.86. The fraction of sp³-hybridized carbons (Fsp3) is 0.320. The number of para-hydroxylation sites is 1. The van der Waals surface area contributed by atoms with Crippen molar-refractivity contribution in [1.82, 2.24) is 15.0 Å². The molecule has 0 saturated heterocycles. The van der Waals surface area contributed by atoms with Gasteiger partial charge in [-0.2, -0.15) is 0 Å². The lowest BCUT2D eigenvalue weighted by molar-refractivity contribution is -0.139. The van der Waals surface area contributed by atoms with Gasteiger partial charge in [0.1, 0.15) is 0 Å². The number of benzene rings is 2. The van der Waals surface area contributed by atoms with E-state index in [1.165, 1.54) is 0 Å². The van der Waals surface area contributed by atoms with Crippen molar-refractivity contribution in [3.05, 3.63) is 87.3 Å². The number of hydrogen-bond acceptors (Lipinski definition) is 5. The fourth-order valence-electron chi connectivity index (χ4n) is 4.15. The number of halogens is 1. The first-order valence-corrected chi connectivity index (χ1v) is 12.1. The smallest absolute Gasteiger partial charge is 0.264 e. The van der Waals surface area contributed by atoms with Gasteiger partial charge in [0, 0.05) is 40.8 Å². The molecular weight excluding hydrogens is 531 g/mol. The average Bonchev–Trinajstić information content (AvgIpc) is 3.35. The predicted octanol–water partition coefficient (Wildman–Crippen LogP) is 3.43. The molecule has 1 aliphatic heterocycles. The highest BCUT2D eigenvalue weighted by atomic mass is 127. The Morgan fingerprint density at radius 3 is 2.70 bits per heavy atom. The van der Waals surface area contributed by atoms with Crippen LogP contribution >= 0.6 is 22.6 Å². The van der Waals surface area contributed by atoms with Crippen molar-refractivity contribution in [3.8, 4) is 0 Å². The number of anilines is 1. The summed E-state index contributed by atoms with van der Waals surface area (Å²) in [6, 6.07) is 15.5. The van der Waals surface area contributed by atoms with Crippen LogP contribution in [0.4, 0.5) is 5.69 Å². The van der Waals surface area contributed by atoms with Crippen LogP contribution in [0.3, 0.4) is 0 Å². The molecule has 2 heterocycles. The summed E-state index contributed by atoms with van der Waals surface area (Å²) >= 11 is 2.26. The summed E-state index contributed by atoms with van der Waals surface area (Å²) in [7, 11) is 0. The van der Waals surface area contributed by atoms with E-state index in [1.54, 1.807) is 9.58 Å². The molecule has 0 unspecified atom stereocenters. The Kier molecular flexibility index (Phi) is 7.26. The largest absolute Gasteiger partial charge is 0.396 e. The molecule has 1 amide bonds. The molecule has 2 N–H and O–H groups in total. The molecule has 0 radical (unpaired) electrons. The van der Waals surface area contributed by atoms with Gasteiger partial charge in [-0.25, -0.2) is 0 Å². The number of aliphatic hydroxyl groups excluding tert-OH is 1. The van der Waals surface area contributed by atoms with Crippen molar-refractivity contribution in [2.75, 3.05) is 11.5 Å². The third kappa shape index (κ3) is 4.87. The van der Waals surface area contributed by atoms with Crippen LogP contribution in [0.5, 0.6) is 0 Å². The standard InChI is InChI=1S/C25H27IN4O3/c1-18(6-4-5-14-29-17-21(13-15-31)27-28-29)25(33)22-7-2-3-8-23(22)30(24(25)32)16-19-9-11-20(26)12-10-19/h2-4,6-12,17-18,31,33H,5,13-16H2,1H3/b6-4+/t18-,25+/m1/s1. The highest BCUT2D eigenvalue weighted by molar-refractivity contribution is 14.1. The number of aromatic nitrogens is 3. The number of nitrogens with zero attached hydrogens (tertiary/aromatic N) is 4. The molecule has 33 heavy (non-hydrogen) atoms. The van der Waals surface area contributed by atoms with Crippen LogP contribution in [0.15, 0.2) is 66.9 Å². The molecule has 0 fully saturated rings. The first kappa shape index (κ1) is 23.6. The number of carbonyl (C=O) groups is 1. The van der Waals surface area contributed by atoms with E-state index < -0.39 is 11.5 Å². The monoisotopic (exact) mass is 558 g/mol. The van der Waals surface area contributed by atoms with Crippen LogP contribution in [-0.4, -0.2) is 37.7 Å². The van der Waals surface area contributed by atoms with Gasteiger partial charge >= 0.3 is 0 Å². The zero-order valence-corrected chi connectivity index (χ0v) is 20.6. The predicted molar refractivity (Wildman–Crippen MR) is 134 cm³/mol. The summed E-state index contributed by atoms with van der Waals surface area (Å²) in [5.74, 6) is -0.710. The Labute approximate surface area is 206 Å². The van der Waals surface area contributed by atoms with Gasteiger partial charge < -0.3 is 15.1 Å². The molecule has 2 aromatic carbocycles. The summed E-state index contributed by atoms with van der Waals surface area (Å²) in [5.41, 5.74) is 1.55. The molecule has 0 aliphatic carbocycles. The molecule has 3 aromatic rings. The number of hydrogen-bond donors (Lipinski definition) is 2. The van der Waals surface area contributed by atoms with Gasteiger partial charge in [0.25, 0.3) is 5.91 Å². The van der Waals surface area contributed by atoms with Crippen molar-refractivity contribution < 1.29 is 15.0 Å². The van der Waals surface area contributed by atoms with E-state index in [9.17, 15) is 9.90 Å². The van der Waals surface area contributed by atoms with E-state index in [2.05, 4.69) is 32.9 Å². The van der Waals surface area contributed by atoms with E-state index in [1.807, 2.05) is 73.8 Å². The number of fused-ring (bicyclic) bond motifs is 1. The topological polar surface area (TPSA) is 91.5 Å². The van der Waals surface area contributed by atoms with Gasteiger partial charge in [-0.05, 0) is 52.8 Å². The molecule has 0 saturated carbocycles. The van der Waals surface area contributed by atoms with Gasteiger partial charge in [-0.1, -0.05) is 54.6 Å². The highest BCUT2D eigenvalue weighted by Gasteiger charge is 2.52. The van der Waals surface area contributed by atoms with Crippen LogP contribution in [0.25, 0.3) is 0 Å². The Balaban J connectivity index is 1.48. The van der Waals surface area contributed by atoms with Crippen LogP contribution in [0.2, 0.25) is 0 Å². The number of aryl methyl sites for hydroxylation is 1. The van der Waals surface area contributed by atoms with E-state index >= 15 is 0 Å². The Morgan fingerprint density at radius 2 is 1.94 bits per heavy atom. The Bertz CT molecular complexity index is 1140. The second-order valence-corrected chi connectivity index (χ2v) is 9.50. The maximum Gasteiger partial charge on any atom is 0.264 e. The minimum Gasteiger partial charge on any atom is -0.396 e. The zero-order chi connectivity index (χ0) is 23.4.